The molecule has 26 heavy (non-hydrogen) atoms. The number of carbonyl (C=O) groups excluding carboxylic acids is 3. The summed E-state index contributed by atoms with van der Waals surface area (Å²) in [6.07, 6.45) is 4.32. The lowest BCUT2D eigenvalue weighted by atomic mass is 9.97. The number of hydrogen-bond donors (Lipinski definition) is 3. The SMILES string of the molecule is C=CCCC(=O)OCC(C)(C)NC(=O)[C@H](CC=C)CC(=O)N[C@H](C)CO. The van der Waals surface area contributed by atoms with Crippen molar-refractivity contribution < 1.29 is 24.2 Å². The number of nitrogens with one attached hydrogen (secondary N) is 2. The zero-order valence-electron chi connectivity index (χ0n) is 16.0. The highest BCUT2D eigenvalue weighted by molar-refractivity contribution is 5.86. The summed E-state index contributed by atoms with van der Waals surface area (Å²) < 4.78 is 5.17. The van der Waals surface area contributed by atoms with E-state index in [9.17, 15) is 14.4 Å². The number of ether oxygens (including phenoxy) is 1. The summed E-state index contributed by atoms with van der Waals surface area (Å²) in [7, 11) is 0. The van der Waals surface area contributed by atoms with Crippen LogP contribution in [0.3, 0.4) is 0 Å². The smallest absolute Gasteiger partial charge is 0.306 e. The fourth-order valence-corrected chi connectivity index (χ4v) is 2.11. The Morgan fingerprint density at radius 3 is 2.42 bits per heavy atom. The molecule has 3 N–H and O–H groups in total. The second kappa shape index (κ2) is 12.2. The molecule has 0 saturated carbocycles. The molecule has 0 aromatic heterocycles. The number of amides is 2. The van der Waals surface area contributed by atoms with E-state index in [1.54, 1.807) is 32.9 Å². The normalized spacial score (nSPS) is 13.2. The molecule has 0 spiro atoms. The van der Waals surface area contributed by atoms with Crippen LogP contribution < -0.4 is 10.6 Å². The van der Waals surface area contributed by atoms with E-state index in [-0.39, 0.29) is 49.9 Å². The molecular weight excluding hydrogens is 336 g/mol. The molecular formula is C19H32N2O5. The van der Waals surface area contributed by atoms with Crippen LogP contribution in [0.4, 0.5) is 0 Å². The Balaban J connectivity index is 4.66. The van der Waals surface area contributed by atoms with Gasteiger partial charge in [0.05, 0.1) is 18.1 Å². The molecule has 0 radical (unpaired) electrons. The monoisotopic (exact) mass is 368 g/mol. The van der Waals surface area contributed by atoms with Crippen molar-refractivity contribution in [2.75, 3.05) is 13.2 Å². The number of rotatable bonds is 13. The third-order valence-corrected chi connectivity index (χ3v) is 3.54. The molecule has 0 rings (SSSR count). The lowest BCUT2D eigenvalue weighted by Gasteiger charge is -2.28. The van der Waals surface area contributed by atoms with Gasteiger partial charge in [-0.2, -0.15) is 0 Å². The van der Waals surface area contributed by atoms with Crippen molar-refractivity contribution >= 4 is 17.8 Å². The highest BCUT2D eigenvalue weighted by Gasteiger charge is 2.28. The Labute approximate surface area is 155 Å². The van der Waals surface area contributed by atoms with Gasteiger partial charge in [-0.25, -0.2) is 0 Å². The van der Waals surface area contributed by atoms with Gasteiger partial charge in [0.1, 0.15) is 6.61 Å². The van der Waals surface area contributed by atoms with Gasteiger partial charge in [-0.15, -0.1) is 13.2 Å². The number of carbonyl (C=O) groups is 3. The largest absolute Gasteiger partial charge is 0.463 e. The average molecular weight is 368 g/mol. The van der Waals surface area contributed by atoms with Crippen molar-refractivity contribution in [3.8, 4) is 0 Å². The molecule has 0 aliphatic carbocycles. The summed E-state index contributed by atoms with van der Waals surface area (Å²) in [4.78, 5) is 36.1. The number of allylic oxidation sites excluding steroid dienone is 2. The summed E-state index contributed by atoms with van der Waals surface area (Å²) in [5, 5.41) is 14.4. The number of aliphatic hydroxyl groups excluding tert-OH is 1. The van der Waals surface area contributed by atoms with Crippen LogP contribution in [-0.4, -0.2) is 47.7 Å². The summed E-state index contributed by atoms with van der Waals surface area (Å²) in [6, 6.07) is -0.374. The van der Waals surface area contributed by atoms with E-state index in [1.165, 1.54) is 0 Å². The molecule has 0 aromatic rings. The van der Waals surface area contributed by atoms with E-state index in [1.807, 2.05) is 0 Å². The minimum Gasteiger partial charge on any atom is -0.463 e. The van der Waals surface area contributed by atoms with Gasteiger partial charge in [0.15, 0.2) is 0 Å². The van der Waals surface area contributed by atoms with Crippen LogP contribution in [-0.2, 0) is 19.1 Å². The third kappa shape index (κ3) is 10.7. The molecule has 0 bridgehead atoms. The van der Waals surface area contributed by atoms with Gasteiger partial charge >= 0.3 is 5.97 Å². The molecule has 7 heteroatoms. The fraction of sp³-hybridized carbons (Fsp3) is 0.632. The first kappa shape index (κ1) is 23.9. The maximum atomic E-state index is 12.5. The zero-order valence-corrected chi connectivity index (χ0v) is 16.0. The Bertz CT molecular complexity index is 502. The molecule has 0 fully saturated rings. The summed E-state index contributed by atoms with van der Waals surface area (Å²) in [6.45, 7) is 12.2. The number of hydrogen-bond acceptors (Lipinski definition) is 5. The van der Waals surface area contributed by atoms with E-state index >= 15 is 0 Å². The second-order valence-electron chi connectivity index (χ2n) is 6.94. The van der Waals surface area contributed by atoms with Gasteiger partial charge in [-0.1, -0.05) is 12.2 Å². The molecule has 0 aliphatic heterocycles. The standard InChI is InChI=1S/C19H32N2O5/c1-6-8-10-17(24)26-13-19(4,5)21-18(25)15(9-7-2)11-16(23)20-14(3)12-22/h6-7,14-15,22H,1-2,8-13H2,3-5H3,(H,20,23)(H,21,25)/t14-,15-/m1/s1. The van der Waals surface area contributed by atoms with Crippen LogP contribution in [0.5, 0.6) is 0 Å². The van der Waals surface area contributed by atoms with Gasteiger partial charge in [0, 0.05) is 18.9 Å². The third-order valence-electron chi connectivity index (χ3n) is 3.54. The number of aliphatic hydroxyl groups is 1. The van der Waals surface area contributed by atoms with Crippen LogP contribution in [0.25, 0.3) is 0 Å². The van der Waals surface area contributed by atoms with E-state index in [4.69, 9.17) is 9.84 Å². The minimum atomic E-state index is -0.769. The maximum absolute atomic E-state index is 12.5. The first-order valence-electron chi connectivity index (χ1n) is 8.74. The molecule has 2 atom stereocenters. The van der Waals surface area contributed by atoms with Crippen LogP contribution in [0.15, 0.2) is 25.3 Å². The van der Waals surface area contributed by atoms with Crippen LogP contribution >= 0.6 is 0 Å². The fourth-order valence-electron chi connectivity index (χ4n) is 2.11. The molecule has 7 nitrogen and oxygen atoms in total. The summed E-state index contributed by atoms with van der Waals surface area (Å²) in [5.74, 6) is -1.58. The predicted molar refractivity (Wildman–Crippen MR) is 100 cm³/mol. The molecule has 148 valence electrons. The van der Waals surface area contributed by atoms with Crippen molar-refractivity contribution in [3.63, 3.8) is 0 Å². The molecule has 0 aromatic carbocycles. The minimum absolute atomic E-state index is 0.0165. The molecule has 0 saturated heterocycles. The topological polar surface area (TPSA) is 105 Å². The van der Waals surface area contributed by atoms with Crippen molar-refractivity contribution in [2.24, 2.45) is 5.92 Å². The van der Waals surface area contributed by atoms with Gasteiger partial charge in [0.25, 0.3) is 0 Å². The van der Waals surface area contributed by atoms with E-state index < -0.39 is 11.5 Å². The van der Waals surface area contributed by atoms with Gasteiger partial charge in [0.2, 0.25) is 11.8 Å². The second-order valence-corrected chi connectivity index (χ2v) is 6.94. The molecule has 0 unspecified atom stereocenters. The Kier molecular flexibility index (Phi) is 11.2. The first-order chi connectivity index (χ1) is 12.1. The zero-order chi connectivity index (χ0) is 20.2. The van der Waals surface area contributed by atoms with Crippen molar-refractivity contribution in [1.82, 2.24) is 10.6 Å². The van der Waals surface area contributed by atoms with Crippen LogP contribution in [0.1, 0.15) is 46.5 Å². The van der Waals surface area contributed by atoms with Gasteiger partial charge in [-0.05, 0) is 33.6 Å². The lowest BCUT2D eigenvalue weighted by Crippen LogP contribution is -2.50. The van der Waals surface area contributed by atoms with Gasteiger partial charge < -0.3 is 20.5 Å². The van der Waals surface area contributed by atoms with Crippen molar-refractivity contribution in [2.45, 2.75) is 58.0 Å². The quantitative estimate of drug-likeness (QED) is 0.337. The van der Waals surface area contributed by atoms with E-state index in [0.717, 1.165) is 0 Å². The Morgan fingerprint density at radius 1 is 1.23 bits per heavy atom. The predicted octanol–water partition coefficient (Wildman–Crippen LogP) is 1.47. The first-order valence-corrected chi connectivity index (χ1v) is 8.74. The molecule has 2 amide bonds. The highest BCUT2D eigenvalue weighted by Crippen LogP contribution is 2.13. The Morgan fingerprint density at radius 2 is 1.88 bits per heavy atom. The van der Waals surface area contributed by atoms with E-state index in [0.29, 0.717) is 12.8 Å². The summed E-state index contributed by atoms with van der Waals surface area (Å²) >= 11 is 0. The molecule has 0 aliphatic rings. The van der Waals surface area contributed by atoms with Gasteiger partial charge in [-0.3, -0.25) is 14.4 Å². The van der Waals surface area contributed by atoms with Crippen LogP contribution in [0.2, 0.25) is 0 Å². The van der Waals surface area contributed by atoms with Crippen molar-refractivity contribution in [1.29, 1.82) is 0 Å². The van der Waals surface area contributed by atoms with Crippen LogP contribution in [0, 0.1) is 5.92 Å². The maximum Gasteiger partial charge on any atom is 0.306 e. The average Bonchev–Trinajstić information content (AvgIpc) is 2.57. The Hall–Kier alpha value is -2.15. The summed E-state index contributed by atoms with van der Waals surface area (Å²) in [5.41, 5.74) is -0.769. The van der Waals surface area contributed by atoms with E-state index in [2.05, 4.69) is 23.8 Å². The van der Waals surface area contributed by atoms with Crippen molar-refractivity contribution in [3.05, 3.63) is 25.3 Å². The number of esters is 1. The molecule has 0 heterocycles. The lowest BCUT2D eigenvalue weighted by molar-refractivity contribution is -0.146. The highest BCUT2D eigenvalue weighted by atomic mass is 16.5.